The molecule has 0 saturated heterocycles. The Labute approximate surface area is 125 Å². The molecule has 0 aromatic carbocycles. The SMILES string of the molecule is CC1C=C2CCCC[C@]2(C)[C@@H]2CC[C@]3(C)CCC[C@H]3[C@H]12. The quantitative estimate of drug-likeness (QED) is 0.476. The van der Waals surface area contributed by atoms with Gasteiger partial charge in [-0.2, -0.15) is 0 Å². The average Bonchev–Trinajstić information content (AvgIpc) is 2.81. The summed E-state index contributed by atoms with van der Waals surface area (Å²) in [4.78, 5) is 0. The molecule has 0 bridgehead atoms. The van der Waals surface area contributed by atoms with Crippen molar-refractivity contribution in [1.82, 2.24) is 0 Å². The van der Waals surface area contributed by atoms with Crippen molar-refractivity contribution in [3.8, 4) is 0 Å². The van der Waals surface area contributed by atoms with E-state index in [-0.39, 0.29) is 0 Å². The summed E-state index contributed by atoms with van der Waals surface area (Å²) < 4.78 is 0. The lowest BCUT2D eigenvalue weighted by Gasteiger charge is -2.58. The Balaban J connectivity index is 1.75. The van der Waals surface area contributed by atoms with Gasteiger partial charge in [0, 0.05) is 0 Å². The number of hydrogen-bond acceptors (Lipinski definition) is 0. The lowest BCUT2D eigenvalue weighted by molar-refractivity contribution is -0.0448. The largest absolute Gasteiger partial charge is 0.0816 e. The van der Waals surface area contributed by atoms with E-state index >= 15 is 0 Å². The molecule has 3 fully saturated rings. The third kappa shape index (κ3) is 1.66. The highest BCUT2D eigenvalue weighted by Crippen LogP contribution is 2.65. The zero-order chi connectivity index (χ0) is 14.0. The number of allylic oxidation sites excluding steroid dienone is 2. The van der Waals surface area contributed by atoms with E-state index in [9.17, 15) is 0 Å². The van der Waals surface area contributed by atoms with Crippen molar-refractivity contribution in [2.45, 2.75) is 78.6 Å². The van der Waals surface area contributed by atoms with E-state index in [0.29, 0.717) is 10.8 Å². The number of fused-ring (bicyclic) bond motifs is 5. The fourth-order valence-electron chi connectivity index (χ4n) is 7.04. The molecule has 0 heterocycles. The van der Waals surface area contributed by atoms with E-state index in [2.05, 4.69) is 26.8 Å². The molecular formula is C20H32. The molecule has 112 valence electrons. The van der Waals surface area contributed by atoms with Crippen LogP contribution in [0.5, 0.6) is 0 Å². The lowest BCUT2D eigenvalue weighted by Crippen LogP contribution is -2.50. The molecule has 20 heavy (non-hydrogen) atoms. The van der Waals surface area contributed by atoms with Gasteiger partial charge >= 0.3 is 0 Å². The molecule has 0 aromatic heterocycles. The van der Waals surface area contributed by atoms with Gasteiger partial charge in [-0.05, 0) is 79.4 Å². The molecule has 3 saturated carbocycles. The number of hydrogen-bond donors (Lipinski definition) is 0. The molecule has 0 aromatic rings. The predicted molar refractivity (Wildman–Crippen MR) is 85.5 cm³/mol. The zero-order valence-corrected chi connectivity index (χ0v) is 13.8. The van der Waals surface area contributed by atoms with Crippen LogP contribution >= 0.6 is 0 Å². The van der Waals surface area contributed by atoms with E-state index < -0.39 is 0 Å². The Morgan fingerprint density at radius 2 is 1.80 bits per heavy atom. The Morgan fingerprint density at radius 1 is 0.950 bits per heavy atom. The first kappa shape index (κ1) is 13.4. The third-order valence-electron chi connectivity index (χ3n) is 8.13. The highest BCUT2D eigenvalue weighted by Gasteiger charge is 2.56. The van der Waals surface area contributed by atoms with Crippen molar-refractivity contribution in [2.24, 2.45) is 34.5 Å². The van der Waals surface area contributed by atoms with E-state index in [0.717, 1.165) is 23.7 Å². The van der Waals surface area contributed by atoms with Gasteiger partial charge in [0.05, 0.1) is 0 Å². The first-order valence-electron chi connectivity index (χ1n) is 9.26. The van der Waals surface area contributed by atoms with Crippen LogP contribution in [0, 0.1) is 34.5 Å². The van der Waals surface area contributed by atoms with Gasteiger partial charge in [-0.15, -0.1) is 0 Å². The summed E-state index contributed by atoms with van der Waals surface area (Å²) in [5.41, 5.74) is 3.14. The fourth-order valence-corrected chi connectivity index (χ4v) is 7.04. The van der Waals surface area contributed by atoms with Crippen LogP contribution in [-0.2, 0) is 0 Å². The van der Waals surface area contributed by atoms with Gasteiger partial charge in [0.25, 0.3) is 0 Å². The third-order valence-corrected chi connectivity index (χ3v) is 8.13. The molecular weight excluding hydrogens is 240 g/mol. The summed E-state index contributed by atoms with van der Waals surface area (Å²) in [6, 6.07) is 0. The normalized spacial score (nSPS) is 54.6. The van der Waals surface area contributed by atoms with Crippen LogP contribution in [0.4, 0.5) is 0 Å². The van der Waals surface area contributed by atoms with Gasteiger partial charge < -0.3 is 0 Å². The first-order chi connectivity index (χ1) is 9.55. The Hall–Kier alpha value is -0.260. The van der Waals surface area contributed by atoms with Crippen molar-refractivity contribution in [3.63, 3.8) is 0 Å². The Morgan fingerprint density at radius 3 is 2.65 bits per heavy atom. The molecule has 0 heteroatoms. The summed E-state index contributed by atoms with van der Waals surface area (Å²) in [5.74, 6) is 3.90. The maximum atomic E-state index is 2.74. The lowest BCUT2D eigenvalue weighted by atomic mass is 9.46. The van der Waals surface area contributed by atoms with Gasteiger partial charge in [0.2, 0.25) is 0 Å². The summed E-state index contributed by atoms with van der Waals surface area (Å²) >= 11 is 0. The zero-order valence-electron chi connectivity index (χ0n) is 13.8. The maximum absolute atomic E-state index is 2.74. The minimum absolute atomic E-state index is 0.583. The van der Waals surface area contributed by atoms with Crippen molar-refractivity contribution in [3.05, 3.63) is 11.6 Å². The van der Waals surface area contributed by atoms with Crippen LogP contribution in [0.3, 0.4) is 0 Å². The standard InChI is InChI=1S/C20H32/c1-14-13-15-7-4-5-11-20(15,3)17-9-12-19(2)10-6-8-16(19)18(14)17/h13-14,16-18H,4-12H2,1-3H3/t14?,16-,17+,18-,19-,20-/m0/s1. The molecule has 4 aliphatic carbocycles. The van der Waals surface area contributed by atoms with Crippen LogP contribution in [-0.4, -0.2) is 0 Å². The van der Waals surface area contributed by atoms with Crippen molar-refractivity contribution in [1.29, 1.82) is 0 Å². The van der Waals surface area contributed by atoms with Crippen molar-refractivity contribution >= 4 is 0 Å². The maximum Gasteiger partial charge on any atom is -0.00851 e. The highest BCUT2D eigenvalue weighted by molar-refractivity contribution is 5.25. The molecule has 0 N–H and O–H groups in total. The summed E-state index contributed by atoms with van der Waals surface area (Å²) in [7, 11) is 0. The second-order valence-electron chi connectivity index (χ2n) is 9.05. The summed E-state index contributed by atoms with van der Waals surface area (Å²) in [5, 5.41) is 0. The van der Waals surface area contributed by atoms with Gasteiger partial charge in [0.15, 0.2) is 0 Å². The molecule has 6 atom stereocenters. The van der Waals surface area contributed by atoms with Crippen LogP contribution in [0.2, 0.25) is 0 Å². The fraction of sp³-hybridized carbons (Fsp3) is 0.900. The molecule has 4 aliphatic rings. The predicted octanol–water partition coefficient (Wildman–Crippen LogP) is 5.98. The van der Waals surface area contributed by atoms with Crippen LogP contribution in [0.1, 0.15) is 78.6 Å². The van der Waals surface area contributed by atoms with Gasteiger partial charge in [-0.25, -0.2) is 0 Å². The van der Waals surface area contributed by atoms with Crippen LogP contribution in [0.15, 0.2) is 11.6 Å². The Kier molecular flexibility index (Phi) is 2.93. The van der Waals surface area contributed by atoms with E-state index in [1.165, 1.54) is 57.8 Å². The van der Waals surface area contributed by atoms with Gasteiger partial charge in [-0.1, -0.05) is 45.3 Å². The van der Waals surface area contributed by atoms with Crippen molar-refractivity contribution in [2.75, 3.05) is 0 Å². The average molecular weight is 272 g/mol. The molecule has 0 amide bonds. The van der Waals surface area contributed by atoms with Gasteiger partial charge in [0.1, 0.15) is 0 Å². The first-order valence-corrected chi connectivity index (χ1v) is 9.26. The molecule has 0 aliphatic heterocycles. The topological polar surface area (TPSA) is 0 Å². The summed E-state index contributed by atoms with van der Waals surface area (Å²) in [6.07, 6.45) is 16.2. The summed E-state index contributed by atoms with van der Waals surface area (Å²) in [6.45, 7) is 7.80. The van der Waals surface area contributed by atoms with E-state index in [4.69, 9.17) is 0 Å². The second-order valence-corrected chi connectivity index (χ2v) is 9.05. The minimum atomic E-state index is 0.583. The highest BCUT2D eigenvalue weighted by atomic mass is 14.6. The molecule has 0 spiro atoms. The molecule has 1 unspecified atom stereocenters. The van der Waals surface area contributed by atoms with Crippen LogP contribution < -0.4 is 0 Å². The molecule has 4 rings (SSSR count). The van der Waals surface area contributed by atoms with Crippen LogP contribution in [0.25, 0.3) is 0 Å². The Bertz CT molecular complexity index is 433. The molecule has 0 nitrogen and oxygen atoms in total. The monoisotopic (exact) mass is 272 g/mol. The van der Waals surface area contributed by atoms with Gasteiger partial charge in [-0.3, -0.25) is 0 Å². The van der Waals surface area contributed by atoms with E-state index in [1.807, 2.05) is 5.57 Å². The number of rotatable bonds is 0. The second kappa shape index (κ2) is 4.37. The molecule has 0 radical (unpaired) electrons. The smallest absolute Gasteiger partial charge is 0.00851 e. The van der Waals surface area contributed by atoms with Crippen molar-refractivity contribution < 1.29 is 0 Å². The van der Waals surface area contributed by atoms with E-state index in [1.54, 1.807) is 0 Å². The minimum Gasteiger partial charge on any atom is -0.0816 e.